The number of hydrogen-bond acceptors (Lipinski definition) is 4. The minimum atomic E-state index is -3.64. The van der Waals surface area contributed by atoms with Crippen molar-refractivity contribution < 1.29 is 42.2 Å². The van der Waals surface area contributed by atoms with E-state index in [1.807, 2.05) is 13.8 Å². The van der Waals surface area contributed by atoms with E-state index < -0.39 is 9.15 Å². The van der Waals surface area contributed by atoms with E-state index in [4.69, 9.17) is 0 Å². The number of hydrogen-bond donors (Lipinski definition) is 0. The molecule has 0 fully saturated rings. The van der Waals surface area contributed by atoms with E-state index in [2.05, 4.69) is 15.8 Å². The van der Waals surface area contributed by atoms with Crippen LogP contribution in [0.15, 0.2) is 0 Å². The smallest absolute Gasteiger partial charge is 0.619 e. The van der Waals surface area contributed by atoms with Gasteiger partial charge in [-0.3, -0.25) is 4.18 Å². The van der Waals surface area contributed by atoms with Gasteiger partial charge in [-0.15, -0.1) is 0 Å². The molecule has 0 unspecified atom stereocenters. The van der Waals surface area contributed by atoms with Crippen molar-refractivity contribution in [3.63, 3.8) is 0 Å². The van der Waals surface area contributed by atoms with Crippen LogP contribution in [0, 0.1) is 5.92 Å². The topological polar surface area (TPSA) is 43.4 Å². The van der Waals surface area contributed by atoms with Crippen LogP contribution in [0.1, 0.15) is 20.3 Å². The van der Waals surface area contributed by atoms with Crippen molar-refractivity contribution in [3.8, 4) is 0 Å². The quantitative estimate of drug-likeness (QED) is 0.299. The molecule has 0 aliphatic heterocycles. The summed E-state index contributed by atoms with van der Waals surface area (Å²) in [6.07, 6.45) is 0.718. The fourth-order valence-corrected chi connectivity index (χ4v) is 0.890. The molecule has 0 atom stereocenters. The molecule has 0 N–H and O–H groups in total. The van der Waals surface area contributed by atoms with Crippen molar-refractivity contribution in [1.82, 2.24) is 0 Å². The second-order valence-electron chi connectivity index (χ2n) is 2.41. The van der Waals surface area contributed by atoms with Crippen LogP contribution >= 0.6 is 0 Å². The Balaban J connectivity index is 0. The van der Waals surface area contributed by atoms with Crippen LogP contribution in [0.4, 0.5) is 0 Å². The molecule has 0 radical (unpaired) electrons. The first kappa shape index (κ1) is 14.8. The fourth-order valence-electron chi connectivity index (χ4n) is 0.386. The Kier molecular flexibility index (Phi) is 9.05. The maximum Gasteiger partial charge on any atom is 1.00 e. The monoisotopic (exact) mass is 206 g/mol. The molecule has 0 aliphatic carbocycles. The van der Waals surface area contributed by atoms with Crippen LogP contribution < -0.4 is 29.6 Å². The first-order valence-electron chi connectivity index (χ1n) is 3.02. The average molecular weight is 206 g/mol. The molecule has 11 heavy (non-hydrogen) atoms. The Morgan fingerprint density at radius 3 is 2.18 bits per heavy atom. The molecule has 0 aliphatic rings. The van der Waals surface area contributed by atoms with Crippen molar-refractivity contribution >= 4 is 20.8 Å². The molecule has 0 aromatic rings. The van der Waals surface area contributed by atoms with Crippen molar-refractivity contribution in [2.24, 2.45) is 5.92 Å². The molecule has 0 saturated heterocycles. The van der Waals surface area contributed by atoms with Gasteiger partial charge in [0, 0.05) is 0 Å². The second-order valence-corrected chi connectivity index (χ2v) is 4.69. The summed E-state index contributed by atoms with van der Waals surface area (Å²) in [7, 11) is -3.64. The second kappa shape index (κ2) is 6.74. The van der Waals surface area contributed by atoms with E-state index in [-0.39, 0.29) is 36.2 Å². The van der Waals surface area contributed by atoms with Crippen LogP contribution in [0.2, 0.25) is 0 Å². The van der Waals surface area contributed by atoms with Crippen molar-refractivity contribution in [2.75, 3.05) is 6.61 Å². The minimum absolute atomic E-state index is 0. The summed E-state index contributed by atoms with van der Waals surface area (Å²) in [4.78, 5) is 0. The third-order valence-corrected chi connectivity index (χ3v) is 1.67. The Morgan fingerprint density at radius 2 is 1.91 bits per heavy atom. The van der Waals surface area contributed by atoms with Crippen LogP contribution in [0.25, 0.3) is 0 Å². The maximum absolute atomic E-state index is 10.2. The molecular weight excluding hydrogens is 195 g/mol. The Bertz CT molecular complexity index is 176. The predicted octanol–water partition coefficient (Wildman–Crippen LogP) is -2.16. The van der Waals surface area contributed by atoms with Gasteiger partial charge in [0.15, 0.2) is 0 Å². The van der Waals surface area contributed by atoms with E-state index in [0.717, 1.165) is 6.42 Å². The molecule has 0 aromatic heterocycles. The molecule has 6 heteroatoms. The number of rotatable bonds is 4. The third-order valence-electron chi connectivity index (χ3n) is 0.923. The molecule has 62 valence electrons. The SMILES string of the molecule is CC(C)CCOS(=O)(=O)[S-].[Na+]. The molecule has 0 saturated carbocycles. The van der Waals surface area contributed by atoms with Gasteiger partial charge in [-0.05, 0) is 12.3 Å². The zero-order valence-electron chi connectivity index (χ0n) is 7.03. The van der Waals surface area contributed by atoms with Gasteiger partial charge in [0.25, 0.3) is 0 Å². The summed E-state index contributed by atoms with van der Waals surface area (Å²) >= 11 is 3.99. The van der Waals surface area contributed by atoms with Gasteiger partial charge in [0.05, 0.1) is 6.61 Å². The zero-order chi connectivity index (χ0) is 8.20. The van der Waals surface area contributed by atoms with Gasteiger partial charge in [-0.25, -0.2) is 8.42 Å². The van der Waals surface area contributed by atoms with Gasteiger partial charge >= 0.3 is 29.6 Å². The standard InChI is InChI=1S/C5H12O3S2.Na/c1-5(2)3-4-8-10(6,7)9;/h5H,3-4H2,1-2H3,(H,6,7,9);/q;+1/p-1. The Hall–Kier alpha value is 1.26. The van der Waals surface area contributed by atoms with Crippen LogP contribution in [0.3, 0.4) is 0 Å². The van der Waals surface area contributed by atoms with Crippen LogP contribution in [-0.2, 0) is 25.0 Å². The normalized spacial score (nSPS) is 11.3. The summed E-state index contributed by atoms with van der Waals surface area (Å²) in [5, 5.41) is 0. The first-order chi connectivity index (χ1) is 4.42. The van der Waals surface area contributed by atoms with E-state index in [0.29, 0.717) is 5.92 Å². The van der Waals surface area contributed by atoms with Crippen molar-refractivity contribution in [3.05, 3.63) is 0 Å². The van der Waals surface area contributed by atoms with Gasteiger partial charge in [0.1, 0.15) is 9.15 Å². The summed E-state index contributed by atoms with van der Waals surface area (Å²) in [5.41, 5.74) is 0. The molecule has 0 rings (SSSR count). The molecule has 0 bridgehead atoms. The van der Waals surface area contributed by atoms with Crippen molar-refractivity contribution in [2.45, 2.75) is 20.3 Å². The van der Waals surface area contributed by atoms with Crippen LogP contribution in [0.5, 0.6) is 0 Å². The fraction of sp³-hybridized carbons (Fsp3) is 1.00. The van der Waals surface area contributed by atoms with Gasteiger partial charge in [-0.2, -0.15) is 0 Å². The summed E-state index contributed by atoms with van der Waals surface area (Å²) in [6, 6.07) is 0. The van der Waals surface area contributed by atoms with Gasteiger partial charge < -0.3 is 11.7 Å². The first-order valence-corrected chi connectivity index (χ1v) is 5.35. The van der Waals surface area contributed by atoms with E-state index >= 15 is 0 Å². The third kappa shape index (κ3) is 14.2. The van der Waals surface area contributed by atoms with Crippen molar-refractivity contribution in [1.29, 1.82) is 0 Å². The Labute approximate surface area is 95.1 Å². The largest absolute Gasteiger partial charge is 1.00 e. The van der Waals surface area contributed by atoms with E-state index in [9.17, 15) is 8.42 Å². The molecule has 0 aromatic carbocycles. The van der Waals surface area contributed by atoms with E-state index in [1.54, 1.807) is 0 Å². The minimum Gasteiger partial charge on any atom is -0.619 e. The molecule has 0 heterocycles. The van der Waals surface area contributed by atoms with Crippen LogP contribution in [-0.4, -0.2) is 15.0 Å². The van der Waals surface area contributed by atoms with E-state index in [1.165, 1.54) is 0 Å². The predicted molar refractivity (Wildman–Crippen MR) is 41.7 cm³/mol. The average Bonchev–Trinajstić information content (AvgIpc) is 1.59. The van der Waals surface area contributed by atoms with Gasteiger partial charge in [0.2, 0.25) is 0 Å². The summed E-state index contributed by atoms with van der Waals surface area (Å²) in [6.45, 7) is 4.17. The summed E-state index contributed by atoms with van der Waals surface area (Å²) in [5.74, 6) is 0.441. The molecular formula is C5H11NaO3S2. The summed E-state index contributed by atoms with van der Waals surface area (Å²) < 4.78 is 24.7. The maximum atomic E-state index is 10.2. The zero-order valence-corrected chi connectivity index (χ0v) is 10.7. The molecule has 0 amide bonds. The molecule has 3 nitrogen and oxygen atoms in total. The molecule has 0 spiro atoms. The van der Waals surface area contributed by atoms with Gasteiger partial charge in [-0.1, -0.05) is 13.8 Å². The Morgan fingerprint density at radius 1 is 1.45 bits per heavy atom.